The molecule has 1 aliphatic heterocycles. The highest BCUT2D eigenvalue weighted by Crippen LogP contribution is 2.17. The summed E-state index contributed by atoms with van der Waals surface area (Å²) in [5.41, 5.74) is 2.21. The van der Waals surface area contributed by atoms with E-state index in [0.29, 0.717) is 0 Å². The highest BCUT2D eigenvalue weighted by Gasteiger charge is 2.07. The van der Waals surface area contributed by atoms with Crippen LogP contribution in [0.5, 0.6) is 0 Å². The van der Waals surface area contributed by atoms with Crippen molar-refractivity contribution in [2.24, 2.45) is 4.99 Å². The second-order valence-electron chi connectivity index (χ2n) is 3.22. The molecule has 0 amide bonds. The van der Waals surface area contributed by atoms with E-state index in [2.05, 4.69) is 20.6 Å². The third-order valence-electron chi connectivity index (χ3n) is 2.36. The van der Waals surface area contributed by atoms with Gasteiger partial charge in [-0.25, -0.2) is 4.98 Å². The number of hydrogen-bond acceptors (Lipinski definition) is 2. The van der Waals surface area contributed by atoms with E-state index in [4.69, 9.17) is 0 Å². The van der Waals surface area contributed by atoms with E-state index < -0.39 is 0 Å². The molecule has 1 aromatic carbocycles. The Balaban J connectivity index is 2.37. The molecule has 0 saturated heterocycles. The Labute approximate surface area is 81.4 Å². The van der Waals surface area contributed by atoms with Crippen LogP contribution in [0, 0.1) is 0 Å². The van der Waals surface area contributed by atoms with Gasteiger partial charge in [0.25, 0.3) is 0 Å². The standard InChI is InChI=1S/C11H9N3/c1-2-4-10-9(3-1)13-11-5-6-12-7-8-14(10)11/h1-7H,8H2. The summed E-state index contributed by atoms with van der Waals surface area (Å²) < 4.78 is 2.16. The van der Waals surface area contributed by atoms with E-state index in [0.717, 1.165) is 17.9 Å². The lowest BCUT2D eigenvalue weighted by Gasteiger charge is -1.99. The van der Waals surface area contributed by atoms with Gasteiger partial charge in [-0.1, -0.05) is 12.1 Å². The van der Waals surface area contributed by atoms with E-state index >= 15 is 0 Å². The first-order valence-electron chi connectivity index (χ1n) is 4.58. The first-order valence-corrected chi connectivity index (χ1v) is 4.58. The molecule has 3 nitrogen and oxygen atoms in total. The normalized spacial score (nSPS) is 14.3. The Bertz CT molecular complexity index is 534. The number of aliphatic imine (C=N–C) groups is 1. The zero-order valence-corrected chi connectivity index (χ0v) is 7.59. The summed E-state index contributed by atoms with van der Waals surface area (Å²) in [6, 6.07) is 8.15. The lowest BCUT2D eigenvalue weighted by atomic mass is 10.3. The van der Waals surface area contributed by atoms with Crippen molar-refractivity contribution < 1.29 is 0 Å². The van der Waals surface area contributed by atoms with E-state index in [9.17, 15) is 0 Å². The van der Waals surface area contributed by atoms with Crippen molar-refractivity contribution in [3.8, 4) is 0 Å². The third kappa shape index (κ3) is 0.988. The Hall–Kier alpha value is -1.90. The lowest BCUT2D eigenvalue weighted by Crippen LogP contribution is -1.99. The number of aromatic nitrogens is 2. The smallest absolute Gasteiger partial charge is 0.135 e. The summed E-state index contributed by atoms with van der Waals surface area (Å²) in [6.45, 7) is 0.794. The minimum absolute atomic E-state index is 0.794. The Morgan fingerprint density at radius 1 is 1.21 bits per heavy atom. The molecule has 2 heterocycles. The highest BCUT2D eigenvalue weighted by molar-refractivity contribution is 5.79. The van der Waals surface area contributed by atoms with E-state index in [1.54, 1.807) is 6.20 Å². The first kappa shape index (κ1) is 7.50. The summed E-state index contributed by atoms with van der Waals surface area (Å²) >= 11 is 0. The molecule has 0 bridgehead atoms. The average molecular weight is 183 g/mol. The van der Waals surface area contributed by atoms with Crippen molar-refractivity contribution >= 4 is 23.3 Å². The predicted molar refractivity (Wildman–Crippen MR) is 57.3 cm³/mol. The summed E-state index contributed by atoms with van der Waals surface area (Å²) in [7, 11) is 0. The second-order valence-corrected chi connectivity index (χ2v) is 3.22. The number of nitrogens with zero attached hydrogens (tertiary/aromatic N) is 3. The van der Waals surface area contributed by atoms with Crippen LogP contribution in [0.4, 0.5) is 0 Å². The minimum atomic E-state index is 0.794. The molecule has 14 heavy (non-hydrogen) atoms. The SMILES string of the molecule is C1=Cc2nc3ccccc3n2CC=N1. The molecule has 3 heteroatoms. The topological polar surface area (TPSA) is 30.2 Å². The Morgan fingerprint density at radius 2 is 2.14 bits per heavy atom. The van der Waals surface area contributed by atoms with E-state index in [1.807, 2.05) is 30.5 Å². The molecule has 0 unspecified atom stereocenters. The van der Waals surface area contributed by atoms with Gasteiger partial charge < -0.3 is 4.57 Å². The van der Waals surface area contributed by atoms with Gasteiger partial charge in [-0.3, -0.25) is 4.99 Å². The van der Waals surface area contributed by atoms with Gasteiger partial charge >= 0.3 is 0 Å². The van der Waals surface area contributed by atoms with Crippen LogP contribution in [0.25, 0.3) is 17.1 Å². The van der Waals surface area contributed by atoms with Crippen LogP contribution in [0.2, 0.25) is 0 Å². The van der Waals surface area contributed by atoms with Gasteiger partial charge in [-0.05, 0) is 18.2 Å². The fourth-order valence-electron chi connectivity index (χ4n) is 1.71. The van der Waals surface area contributed by atoms with Crippen LogP contribution in [0.15, 0.2) is 35.5 Å². The molecule has 3 rings (SSSR count). The van der Waals surface area contributed by atoms with Crippen LogP contribution in [0.1, 0.15) is 5.82 Å². The maximum absolute atomic E-state index is 4.51. The van der Waals surface area contributed by atoms with Crippen molar-refractivity contribution in [1.29, 1.82) is 0 Å². The quantitative estimate of drug-likeness (QED) is 0.615. The fraction of sp³-hybridized carbons (Fsp3) is 0.0909. The summed E-state index contributed by atoms with van der Waals surface area (Å²) in [6.07, 6.45) is 5.61. The van der Waals surface area contributed by atoms with Gasteiger partial charge in [0.2, 0.25) is 0 Å². The molecule has 68 valence electrons. The van der Waals surface area contributed by atoms with Crippen molar-refractivity contribution in [2.45, 2.75) is 6.54 Å². The number of fused-ring (bicyclic) bond motifs is 3. The number of benzene rings is 1. The van der Waals surface area contributed by atoms with Gasteiger partial charge in [0.15, 0.2) is 0 Å². The van der Waals surface area contributed by atoms with Crippen LogP contribution in [-0.2, 0) is 6.54 Å². The molecule has 0 atom stereocenters. The summed E-state index contributed by atoms with van der Waals surface area (Å²) in [5.74, 6) is 0.976. The molecule has 0 spiro atoms. The van der Waals surface area contributed by atoms with Gasteiger partial charge in [-0.2, -0.15) is 0 Å². The maximum Gasteiger partial charge on any atom is 0.135 e. The first-order chi connectivity index (χ1) is 6.95. The largest absolute Gasteiger partial charge is 0.319 e. The molecule has 0 fully saturated rings. The molecule has 1 aromatic heterocycles. The van der Waals surface area contributed by atoms with Crippen LogP contribution >= 0.6 is 0 Å². The van der Waals surface area contributed by atoms with Crippen LogP contribution in [-0.4, -0.2) is 15.8 Å². The van der Waals surface area contributed by atoms with E-state index in [1.165, 1.54) is 5.52 Å². The summed E-state index contributed by atoms with van der Waals surface area (Å²) in [5, 5.41) is 0. The monoisotopic (exact) mass is 183 g/mol. The van der Waals surface area contributed by atoms with Crippen LogP contribution < -0.4 is 0 Å². The zero-order chi connectivity index (χ0) is 9.38. The van der Waals surface area contributed by atoms with Crippen molar-refractivity contribution in [3.63, 3.8) is 0 Å². The predicted octanol–water partition coefficient (Wildman–Crippen LogP) is 2.09. The number of hydrogen-bond donors (Lipinski definition) is 0. The molecule has 0 radical (unpaired) electrons. The number of imidazole rings is 1. The van der Waals surface area contributed by atoms with Gasteiger partial charge in [0.1, 0.15) is 5.82 Å². The fourth-order valence-corrected chi connectivity index (χ4v) is 1.71. The lowest BCUT2D eigenvalue weighted by molar-refractivity contribution is 0.883. The molecule has 2 aromatic rings. The second kappa shape index (κ2) is 2.80. The highest BCUT2D eigenvalue weighted by atomic mass is 15.1. The third-order valence-corrected chi connectivity index (χ3v) is 2.36. The average Bonchev–Trinajstić information content (AvgIpc) is 2.42. The van der Waals surface area contributed by atoms with Crippen molar-refractivity contribution in [3.05, 3.63) is 36.3 Å². The molecule has 1 aliphatic rings. The number of para-hydroxylation sites is 2. The number of rotatable bonds is 0. The minimum Gasteiger partial charge on any atom is -0.319 e. The van der Waals surface area contributed by atoms with Gasteiger partial charge in [0, 0.05) is 12.4 Å². The molecular formula is C11H9N3. The van der Waals surface area contributed by atoms with Crippen molar-refractivity contribution in [1.82, 2.24) is 9.55 Å². The van der Waals surface area contributed by atoms with Crippen LogP contribution in [0.3, 0.4) is 0 Å². The molecular weight excluding hydrogens is 174 g/mol. The van der Waals surface area contributed by atoms with E-state index in [-0.39, 0.29) is 0 Å². The Kier molecular flexibility index (Phi) is 1.50. The van der Waals surface area contributed by atoms with Gasteiger partial charge in [-0.15, -0.1) is 0 Å². The molecule has 0 N–H and O–H groups in total. The van der Waals surface area contributed by atoms with Gasteiger partial charge in [0.05, 0.1) is 17.6 Å². The molecule has 0 aliphatic carbocycles. The van der Waals surface area contributed by atoms with Crippen molar-refractivity contribution in [2.75, 3.05) is 0 Å². The zero-order valence-electron chi connectivity index (χ0n) is 7.59. The maximum atomic E-state index is 4.51. The Morgan fingerprint density at radius 3 is 3.14 bits per heavy atom. The summed E-state index contributed by atoms with van der Waals surface area (Å²) in [4.78, 5) is 8.61. The molecule has 0 saturated carbocycles.